The van der Waals surface area contributed by atoms with Crippen molar-refractivity contribution in [1.82, 2.24) is 0 Å². The number of rotatable bonds is 7. The quantitative estimate of drug-likeness (QED) is 0.228. The number of fused-ring (bicyclic) bond motifs is 1. The number of ether oxygens (including phenoxy) is 6. The van der Waals surface area contributed by atoms with E-state index in [9.17, 15) is 33.9 Å². The fourth-order valence-corrected chi connectivity index (χ4v) is 5.06. The molecule has 0 aliphatic carbocycles. The summed E-state index contributed by atoms with van der Waals surface area (Å²) < 4.78 is 39.2. The lowest BCUT2D eigenvalue weighted by atomic mass is 9.89. The van der Waals surface area contributed by atoms with Crippen molar-refractivity contribution in [3.05, 3.63) is 52.2 Å². The Morgan fingerprint density at radius 3 is 1.84 bits per heavy atom. The van der Waals surface area contributed by atoms with Crippen molar-refractivity contribution in [2.24, 2.45) is 0 Å². The number of carbonyl (C=O) groups is 5. The Kier molecular flexibility index (Phi) is 9.57. The molecule has 0 amide bonds. The molecule has 0 spiro atoms. The molecule has 1 saturated heterocycles. The molecule has 2 heterocycles. The lowest BCUT2D eigenvalue weighted by molar-refractivity contribution is -0.245. The first-order chi connectivity index (χ1) is 21.2. The van der Waals surface area contributed by atoms with Crippen LogP contribution in [0.1, 0.15) is 53.2 Å². The predicted octanol–water partition coefficient (Wildman–Crippen LogP) is 3.27. The van der Waals surface area contributed by atoms with Crippen LogP contribution in [-0.4, -0.2) is 59.4 Å². The maximum atomic E-state index is 13.4. The number of hydrogen-bond acceptors (Lipinski definition) is 14. The van der Waals surface area contributed by atoms with Gasteiger partial charge < -0.3 is 37.9 Å². The minimum absolute atomic E-state index is 0.00952. The zero-order chi connectivity index (χ0) is 33.2. The molecule has 1 fully saturated rings. The minimum atomic E-state index is -1.54. The highest BCUT2D eigenvalue weighted by molar-refractivity contribution is 5.90. The number of carbonyl (C=O) groups excluding carboxylic acids is 5. The normalized spacial score (nSPS) is 21.0. The van der Waals surface area contributed by atoms with Gasteiger partial charge in [-0.3, -0.25) is 28.8 Å². The zero-order valence-corrected chi connectivity index (χ0v) is 25.1. The van der Waals surface area contributed by atoms with Crippen molar-refractivity contribution < 1.29 is 61.9 Å². The Balaban J connectivity index is 2.01. The van der Waals surface area contributed by atoms with Gasteiger partial charge in [-0.25, -0.2) is 0 Å². The zero-order valence-electron chi connectivity index (χ0n) is 25.1. The second kappa shape index (κ2) is 13.2. The maximum Gasteiger partial charge on any atom is 0.308 e. The average molecular weight is 627 g/mol. The fourth-order valence-electron chi connectivity index (χ4n) is 5.06. The van der Waals surface area contributed by atoms with E-state index in [4.69, 9.17) is 32.8 Å². The van der Waals surface area contributed by atoms with Crippen molar-refractivity contribution in [3.63, 3.8) is 0 Å². The average Bonchev–Trinajstić information content (AvgIpc) is 2.91. The summed E-state index contributed by atoms with van der Waals surface area (Å²) in [6, 6.07) is 8.08. The van der Waals surface area contributed by atoms with Gasteiger partial charge in [-0.05, 0) is 31.2 Å². The van der Waals surface area contributed by atoms with E-state index in [1.54, 1.807) is 0 Å². The molecule has 14 heteroatoms. The molecule has 14 nitrogen and oxygen atoms in total. The van der Waals surface area contributed by atoms with Gasteiger partial charge in [0.05, 0.1) is 11.7 Å². The summed E-state index contributed by atoms with van der Waals surface area (Å²) in [7, 11) is 0. The summed E-state index contributed by atoms with van der Waals surface area (Å²) in [5, 5.41) is 10.5. The summed E-state index contributed by atoms with van der Waals surface area (Å²) in [6.07, 6.45) is -6.70. The summed E-state index contributed by atoms with van der Waals surface area (Å²) in [4.78, 5) is 73.4. The number of phenolic OH excluding ortho intramolecular Hbond substituents is 1. The van der Waals surface area contributed by atoms with Gasteiger partial charge in [-0.15, -0.1) is 0 Å². The Morgan fingerprint density at radius 1 is 0.733 bits per heavy atom. The van der Waals surface area contributed by atoms with Gasteiger partial charge in [0.2, 0.25) is 0 Å². The summed E-state index contributed by atoms with van der Waals surface area (Å²) >= 11 is 0. The van der Waals surface area contributed by atoms with Gasteiger partial charge in [0, 0.05) is 52.3 Å². The van der Waals surface area contributed by atoms with E-state index >= 15 is 0 Å². The van der Waals surface area contributed by atoms with Crippen LogP contribution in [0.5, 0.6) is 17.2 Å². The van der Waals surface area contributed by atoms with E-state index in [0.717, 1.165) is 39.8 Å². The molecule has 3 aromatic rings. The number of phenols is 1. The Morgan fingerprint density at radius 2 is 1.29 bits per heavy atom. The van der Waals surface area contributed by atoms with E-state index in [1.165, 1.54) is 38.1 Å². The monoisotopic (exact) mass is 626 g/mol. The maximum absolute atomic E-state index is 13.4. The molecule has 45 heavy (non-hydrogen) atoms. The third-order valence-electron chi connectivity index (χ3n) is 6.60. The summed E-state index contributed by atoms with van der Waals surface area (Å²) in [6.45, 7) is 7.15. The number of aromatic hydroxyl groups is 1. The van der Waals surface area contributed by atoms with E-state index in [2.05, 4.69) is 0 Å². The molecule has 1 N–H and O–H groups in total. The van der Waals surface area contributed by atoms with Crippen molar-refractivity contribution in [3.8, 4) is 28.6 Å². The van der Waals surface area contributed by atoms with Gasteiger partial charge in [0.1, 0.15) is 34.5 Å². The lowest BCUT2D eigenvalue weighted by Gasteiger charge is -2.44. The van der Waals surface area contributed by atoms with Gasteiger partial charge in [0.25, 0.3) is 0 Å². The first-order valence-corrected chi connectivity index (χ1v) is 13.6. The van der Waals surface area contributed by atoms with Crippen molar-refractivity contribution in [2.75, 3.05) is 0 Å². The van der Waals surface area contributed by atoms with Gasteiger partial charge in [-0.1, -0.05) is 0 Å². The van der Waals surface area contributed by atoms with Crippen LogP contribution in [0.15, 0.2) is 45.6 Å². The third-order valence-corrected chi connectivity index (χ3v) is 6.60. The molecule has 0 radical (unpaired) electrons. The van der Waals surface area contributed by atoms with Gasteiger partial charge in [-0.2, -0.15) is 0 Å². The predicted molar refractivity (Wildman–Crippen MR) is 152 cm³/mol. The highest BCUT2D eigenvalue weighted by Gasteiger charge is 2.52. The molecule has 1 aromatic heterocycles. The Hall–Kier alpha value is -5.24. The van der Waals surface area contributed by atoms with Crippen LogP contribution in [0.4, 0.5) is 0 Å². The minimum Gasteiger partial charge on any atom is -0.507 e. The molecule has 0 unspecified atom stereocenters. The molecule has 5 atom stereocenters. The van der Waals surface area contributed by atoms with Crippen LogP contribution in [0, 0.1) is 0 Å². The molecular formula is C31H30O14. The molecular weight excluding hydrogens is 596 g/mol. The van der Waals surface area contributed by atoms with E-state index < -0.39 is 71.5 Å². The molecule has 238 valence electrons. The summed E-state index contributed by atoms with van der Waals surface area (Å²) in [5.74, 6) is -4.43. The van der Waals surface area contributed by atoms with Crippen LogP contribution in [0.2, 0.25) is 0 Å². The first kappa shape index (κ1) is 32.7. The fraction of sp³-hybridized carbons (Fsp3) is 0.355. The van der Waals surface area contributed by atoms with Crippen LogP contribution >= 0.6 is 0 Å². The van der Waals surface area contributed by atoms with Crippen LogP contribution < -0.4 is 14.9 Å². The van der Waals surface area contributed by atoms with Crippen LogP contribution in [0.3, 0.4) is 0 Å². The highest BCUT2D eigenvalue weighted by Crippen LogP contribution is 2.46. The van der Waals surface area contributed by atoms with Crippen molar-refractivity contribution >= 4 is 40.8 Å². The second-order valence-corrected chi connectivity index (χ2v) is 10.2. The van der Waals surface area contributed by atoms with Gasteiger partial charge in [0.15, 0.2) is 29.3 Å². The first-order valence-electron chi connectivity index (χ1n) is 13.6. The number of esters is 5. The third kappa shape index (κ3) is 7.29. The molecule has 0 bridgehead atoms. The van der Waals surface area contributed by atoms with Crippen LogP contribution in [0.25, 0.3) is 22.3 Å². The lowest BCUT2D eigenvalue weighted by Crippen LogP contribution is -2.57. The number of benzene rings is 2. The Labute approximate surface area is 255 Å². The van der Waals surface area contributed by atoms with E-state index in [1.807, 2.05) is 0 Å². The van der Waals surface area contributed by atoms with E-state index in [0.29, 0.717) is 5.56 Å². The summed E-state index contributed by atoms with van der Waals surface area (Å²) in [5.41, 5.74) is -0.800. The van der Waals surface area contributed by atoms with Crippen LogP contribution in [-0.2, 0) is 42.9 Å². The SMILES string of the molecule is CC(=O)Oc1ccc(-c2cc(=O)c3c(O)cc(OC(C)=O)c([C@@H]4O[C@H](C)[C@@H](OC(C)=O)[C@H](OC(C)=O)[C@H]4OC(C)=O)c3o2)cc1. The smallest absolute Gasteiger partial charge is 0.308 e. The molecule has 2 aromatic carbocycles. The second-order valence-electron chi connectivity index (χ2n) is 10.2. The van der Waals surface area contributed by atoms with Crippen molar-refractivity contribution in [2.45, 2.75) is 72.1 Å². The highest BCUT2D eigenvalue weighted by atomic mass is 16.6. The number of hydrogen-bond donors (Lipinski definition) is 1. The largest absolute Gasteiger partial charge is 0.507 e. The van der Waals surface area contributed by atoms with Crippen molar-refractivity contribution in [1.29, 1.82) is 0 Å². The molecule has 1 aliphatic heterocycles. The Bertz CT molecular complexity index is 1720. The van der Waals surface area contributed by atoms with Gasteiger partial charge >= 0.3 is 29.8 Å². The topological polar surface area (TPSA) is 191 Å². The molecule has 1 aliphatic rings. The van der Waals surface area contributed by atoms with E-state index in [-0.39, 0.29) is 33.8 Å². The standard InChI is InChI=1S/C31H30O14/c1-13-27(42-16(4)34)30(43-17(5)35)31(44-18(6)36)29(39-13)26-24(41-15(3)33)12-22(38)25-21(37)11-23(45-28(25)26)19-7-9-20(10-8-19)40-14(2)32/h7-13,27,29-31,38H,1-6H3/t13-,27-,29+,30+,31+/m1/s1. The molecule has 0 saturated carbocycles. The molecule has 4 rings (SSSR count).